The lowest BCUT2D eigenvalue weighted by molar-refractivity contribution is 0.0767. The van der Waals surface area contributed by atoms with E-state index >= 15 is 0 Å². The van der Waals surface area contributed by atoms with Crippen LogP contribution in [-0.4, -0.2) is 74.3 Å². The molecule has 4 saturated heterocycles. The zero-order valence-electron chi connectivity index (χ0n) is 14.7. The van der Waals surface area contributed by atoms with Gasteiger partial charge in [0.05, 0.1) is 12.2 Å². The van der Waals surface area contributed by atoms with Crippen molar-refractivity contribution in [3.63, 3.8) is 0 Å². The molecule has 0 saturated carbocycles. The van der Waals surface area contributed by atoms with Crippen molar-refractivity contribution < 1.29 is 4.74 Å². The molecule has 130 valence electrons. The van der Waals surface area contributed by atoms with E-state index < -0.39 is 0 Å². The van der Waals surface area contributed by atoms with Gasteiger partial charge in [0.15, 0.2) is 5.96 Å². The minimum Gasteiger partial charge on any atom is -0.374 e. The first kappa shape index (κ1) is 15.7. The second-order valence-electron chi connectivity index (χ2n) is 7.91. The van der Waals surface area contributed by atoms with Gasteiger partial charge in [-0.3, -0.25) is 4.99 Å². The molecule has 5 nitrogen and oxygen atoms in total. The number of hydrogen-bond donors (Lipinski definition) is 1. The number of likely N-dealkylation sites (tertiary alicyclic amines) is 2. The molecule has 0 aromatic carbocycles. The van der Waals surface area contributed by atoms with E-state index in [1.807, 2.05) is 7.05 Å². The molecule has 23 heavy (non-hydrogen) atoms. The number of hydrogen-bond acceptors (Lipinski definition) is 3. The highest BCUT2D eigenvalue weighted by molar-refractivity contribution is 5.80. The molecule has 4 aliphatic heterocycles. The van der Waals surface area contributed by atoms with E-state index in [1.54, 1.807) is 0 Å². The van der Waals surface area contributed by atoms with Crippen LogP contribution in [0.15, 0.2) is 4.99 Å². The normalized spacial score (nSPS) is 40.2. The predicted octanol–water partition coefficient (Wildman–Crippen LogP) is 1.40. The van der Waals surface area contributed by atoms with E-state index in [4.69, 9.17) is 4.74 Å². The highest BCUT2D eigenvalue weighted by Gasteiger charge is 2.53. The standard InChI is InChI=1S/C18H32N4O/c1-3-7-21-8-6-13(10-21)9-20-18(19-2)22-11-14-15(12-22)17-5-4-16(14)23-17/h13-17H,3-12H2,1-2H3,(H,19,20). The molecule has 0 spiro atoms. The summed E-state index contributed by atoms with van der Waals surface area (Å²) in [4.78, 5) is 9.65. The van der Waals surface area contributed by atoms with E-state index in [9.17, 15) is 0 Å². The summed E-state index contributed by atoms with van der Waals surface area (Å²) in [5.41, 5.74) is 0. The highest BCUT2D eigenvalue weighted by Crippen LogP contribution is 2.47. The Balaban J connectivity index is 1.27. The average Bonchev–Trinajstić information content (AvgIpc) is 3.30. The van der Waals surface area contributed by atoms with E-state index in [2.05, 4.69) is 27.0 Å². The van der Waals surface area contributed by atoms with Crippen molar-refractivity contribution in [3.8, 4) is 0 Å². The van der Waals surface area contributed by atoms with Gasteiger partial charge >= 0.3 is 0 Å². The van der Waals surface area contributed by atoms with Crippen molar-refractivity contribution in [1.82, 2.24) is 15.1 Å². The lowest BCUT2D eigenvalue weighted by Gasteiger charge is -2.24. The second-order valence-corrected chi connectivity index (χ2v) is 7.91. The van der Waals surface area contributed by atoms with Crippen molar-refractivity contribution in [1.29, 1.82) is 0 Å². The fourth-order valence-corrected chi connectivity index (χ4v) is 5.30. The van der Waals surface area contributed by atoms with Gasteiger partial charge in [0, 0.05) is 45.1 Å². The lowest BCUT2D eigenvalue weighted by atomic mass is 9.82. The first-order valence-corrected chi connectivity index (χ1v) is 9.62. The van der Waals surface area contributed by atoms with Crippen LogP contribution in [0.5, 0.6) is 0 Å². The van der Waals surface area contributed by atoms with Crippen LogP contribution in [-0.2, 0) is 4.74 Å². The molecule has 1 N–H and O–H groups in total. The highest BCUT2D eigenvalue weighted by atomic mass is 16.5. The number of fused-ring (bicyclic) bond motifs is 5. The largest absolute Gasteiger partial charge is 0.374 e. The van der Waals surface area contributed by atoms with Crippen LogP contribution in [0.4, 0.5) is 0 Å². The van der Waals surface area contributed by atoms with Crippen LogP contribution in [0.25, 0.3) is 0 Å². The number of rotatable bonds is 4. The first-order chi connectivity index (χ1) is 11.3. The minimum absolute atomic E-state index is 0.533. The Bertz CT molecular complexity index is 436. The maximum atomic E-state index is 6.08. The Morgan fingerprint density at radius 3 is 2.52 bits per heavy atom. The summed E-state index contributed by atoms with van der Waals surface area (Å²) in [6.07, 6.45) is 6.22. The Labute approximate surface area is 140 Å². The van der Waals surface area contributed by atoms with Crippen LogP contribution in [0.1, 0.15) is 32.6 Å². The lowest BCUT2D eigenvalue weighted by Crippen LogP contribution is -2.43. The van der Waals surface area contributed by atoms with Gasteiger partial charge in [-0.05, 0) is 44.7 Å². The molecule has 0 aliphatic carbocycles. The quantitative estimate of drug-likeness (QED) is 0.628. The zero-order valence-corrected chi connectivity index (χ0v) is 14.7. The van der Waals surface area contributed by atoms with E-state index in [0.29, 0.717) is 12.2 Å². The number of nitrogens with one attached hydrogen (secondary N) is 1. The topological polar surface area (TPSA) is 40.1 Å². The molecule has 4 heterocycles. The summed E-state index contributed by atoms with van der Waals surface area (Å²) in [6, 6.07) is 0. The molecule has 0 radical (unpaired) electrons. The van der Waals surface area contributed by atoms with Crippen molar-refractivity contribution in [2.24, 2.45) is 22.7 Å². The third-order valence-corrected chi connectivity index (χ3v) is 6.42. The third kappa shape index (κ3) is 2.98. The summed E-state index contributed by atoms with van der Waals surface area (Å²) < 4.78 is 6.08. The predicted molar refractivity (Wildman–Crippen MR) is 92.6 cm³/mol. The summed E-state index contributed by atoms with van der Waals surface area (Å²) in [5.74, 6) is 3.39. The van der Waals surface area contributed by atoms with Crippen molar-refractivity contribution in [2.75, 3.05) is 46.3 Å². The molecular weight excluding hydrogens is 288 g/mol. The summed E-state index contributed by atoms with van der Waals surface area (Å²) in [5, 5.41) is 3.66. The molecular formula is C18H32N4O. The van der Waals surface area contributed by atoms with Crippen molar-refractivity contribution >= 4 is 5.96 Å². The fourth-order valence-electron chi connectivity index (χ4n) is 5.30. The molecule has 4 rings (SSSR count). The average molecular weight is 320 g/mol. The van der Waals surface area contributed by atoms with Crippen LogP contribution in [0.2, 0.25) is 0 Å². The minimum atomic E-state index is 0.533. The Morgan fingerprint density at radius 1 is 1.13 bits per heavy atom. The summed E-state index contributed by atoms with van der Waals surface area (Å²) in [7, 11) is 1.93. The van der Waals surface area contributed by atoms with E-state index in [0.717, 1.165) is 43.3 Å². The van der Waals surface area contributed by atoms with Gasteiger partial charge in [0.2, 0.25) is 0 Å². The second kappa shape index (κ2) is 6.60. The molecule has 5 atom stereocenters. The van der Waals surface area contributed by atoms with Crippen LogP contribution >= 0.6 is 0 Å². The molecule has 0 amide bonds. The number of aliphatic imine (C=N–C) groups is 1. The molecule has 4 fully saturated rings. The van der Waals surface area contributed by atoms with Gasteiger partial charge in [-0.15, -0.1) is 0 Å². The van der Waals surface area contributed by atoms with Crippen LogP contribution in [0.3, 0.4) is 0 Å². The van der Waals surface area contributed by atoms with E-state index in [-0.39, 0.29) is 0 Å². The number of guanidine groups is 1. The van der Waals surface area contributed by atoms with Crippen molar-refractivity contribution in [3.05, 3.63) is 0 Å². The molecule has 4 aliphatic rings. The maximum absolute atomic E-state index is 6.08. The van der Waals surface area contributed by atoms with E-state index in [1.165, 1.54) is 45.3 Å². The van der Waals surface area contributed by atoms with Crippen LogP contribution < -0.4 is 5.32 Å². The SMILES string of the molecule is CCCN1CCC(CNC(=NC)N2CC3C4CCC(O4)C3C2)C1. The number of ether oxygens (including phenoxy) is 1. The zero-order chi connectivity index (χ0) is 15.8. The van der Waals surface area contributed by atoms with Gasteiger partial charge in [-0.1, -0.05) is 6.92 Å². The maximum Gasteiger partial charge on any atom is 0.193 e. The number of nitrogens with zero attached hydrogens (tertiary/aromatic N) is 3. The molecule has 5 unspecified atom stereocenters. The first-order valence-electron chi connectivity index (χ1n) is 9.62. The smallest absolute Gasteiger partial charge is 0.193 e. The monoisotopic (exact) mass is 320 g/mol. The molecule has 0 aromatic heterocycles. The third-order valence-electron chi connectivity index (χ3n) is 6.42. The van der Waals surface area contributed by atoms with Gasteiger partial charge in [-0.25, -0.2) is 0 Å². The Hall–Kier alpha value is -0.810. The Morgan fingerprint density at radius 2 is 1.87 bits per heavy atom. The summed E-state index contributed by atoms with van der Waals surface area (Å²) >= 11 is 0. The molecule has 5 heteroatoms. The van der Waals surface area contributed by atoms with Gasteiger partial charge in [-0.2, -0.15) is 0 Å². The van der Waals surface area contributed by atoms with Gasteiger partial charge < -0.3 is 19.9 Å². The molecule has 2 bridgehead atoms. The van der Waals surface area contributed by atoms with Gasteiger partial charge in [0.25, 0.3) is 0 Å². The van der Waals surface area contributed by atoms with Crippen LogP contribution in [0, 0.1) is 17.8 Å². The van der Waals surface area contributed by atoms with Crippen molar-refractivity contribution in [2.45, 2.75) is 44.8 Å². The van der Waals surface area contributed by atoms with Gasteiger partial charge in [0.1, 0.15) is 0 Å². The molecule has 0 aromatic rings. The fraction of sp³-hybridized carbons (Fsp3) is 0.944. The summed E-state index contributed by atoms with van der Waals surface area (Å²) in [6.45, 7) is 9.39. The Kier molecular flexibility index (Phi) is 4.50.